The van der Waals surface area contributed by atoms with Gasteiger partial charge in [0.05, 0.1) is 0 Å². The molecule has 0 spiro atoms. The maximum atomic E-state index is 12.5. The van der Waals surface area contributed by atoms with Crippen LogP contribution in [0.3, 0.4) is 0 Å². The number of rotatable bonds is 1. The van der Waals surface area contributed by atoms with E-state index >= 15 is 0 Å². The Morgan fingerprint density at radius 1 is 1.17 bits per heavy atom. The predicted molar refractivity (Wildman–Crippen MR) is 58.1 cm³/mol. The molecule has 0 unspecified atom stereocenters. The van der Waals surface area contributed by atoms with E-state index in [0.29, 0.717) is 5.56 Å². The van der Waals surface area contributed by atoms with E-state index in [4.69, 9.17) is 0 Å². The third-order valence-electron chi connectivity index (χ3n) is 2.38. The summed E-state index contributed by atoms with van der Waals surface area (Å²) in [6.07, 6.45) is -3.43. The first kappa shape index (κ1) is 15.1. The minimum Gasteiger partial charge on any atom is -0.333 e. The van der Waals surface area contributed by atoms with Gasteiger partial charge in [0.15, 0.2) is 5.69 Å². The summed E-state index contributed by atoms with van der Waals surface area (Å²) < 4.78 is 38.8. The number of hydrogen-bond donors (Lipinski definition) is 0. The average molecular weight is 262 g/mol. The predicted octanol–water partition coefficient (Wildman–Crippen LogP) is 0.292. The molecule has 0 N–H and O–H groups in total. The summed E-state index contributed by atoms with van der Waals surface area (Å²) in [6, 6.07) is 6.87. The Kier molecular flexibility index (Phi) is 4.53. The minimum absolute atomic E-state index is 0. The Bertz CT molecular complexity index is 529. The zero-order chi connectivity index (χ0) is 12.6. The van der Waals surface area contributed by atoms with Crippen LogP contribution in [0, 0.1) is 6.92 Å². The molecule has 0 radical (unpaired) electrons. The SMILES string of the molecule is [CH2-]c1ccc(-c2nc(C(F)(F)F)cn2C)cc1.[Na+]. The number of imidazole rings is 1. The van der Waals surface area contributed by atoms with Gasteiger partial charge in [-0.05, 0) is 5.56 Å². The van der Waals surface area contributed by atoms with Crippen LogP contribution in [-0.2, 0) is 13.2 Å². The number of aryl methyl sites for hydroxylation is 1. The van der Waals surface area contributed by atoms with Gasteiger partial charge in [0.25, 0.3) is 0 Å². The topological polar surface area (TPSA) is 17.8 Å². The fourth-order valence-corrected chi connectivity index (χ4v) is 1.52. The van der Waals surface area contributed by atoms with E-state index in [1.807, 2.05) is 0 Å². The number of halogens is 3. The van der Waals surface area contributed by atoms with Gasteiger partial charge in [-0.1, -0.05) is 0 Å². The molecular weight excluding hydrogens is 252 g/mol. The summed E-state index contributed by atoms with van der Waals surface area (Å²) in [5.41, 5.74) is 0.558. The maximum Gasteiger partial charge on any atom is 1.00 e. The first-order valence-corrected chi connectivity index (χ1v) is 4.91. The Morgan fingerprint density at radius 2 is 1.72 bits per heavy atom. The molecule has 1 heterocycles. The maximum absolute atomic E-state index is 12.5. The van der Waals surface area contributed by atoms with Gasteiger partial charge in [0.2, 0.25) is 0 Å². The summed E-state index contributed by atoms with van der Waals surface area (Å²) in [4.78, 5) is 3.60. The molecule has 0 saturated heterocycles. The molecule has 2 rings (SSSR count). The molecule has 2 aromatic rings. The van der Waals surface area contributed by atoms with Gasteiger partial charge in [-0.3, -0.25) is 0 Å². The molecule has 0 bridgehead atoms. The van der Waals surface area contributed by atoms with Crippen LogP contribution in [0.15, 0.2) is 30.5 Å². The molecule has 0 fully saturated rings. The van der Waals surface area contributed by atoms with Crippen molar-refractivity contribution < 1.29 is 42.7 Å². The van der Waals surface area contributed by atoms with Gasteiger partial charge in [-0.2, -0.15) is 37.8 Å². The van der Waals surface area contributed by atoms with E-state index in [0.717, 1.165) is 11.8 Å². The Balaban J connectivity index is 0.00000162. The zero-order valence-corrected chi connectivity index (χ0v) is 12.1. The first-order valence-electron chi connectivity index (χ1n) is 4.91. The number of benzene rings is 1. The first-order chi connectivity index (χ1) is 7.88. The van der Waals surface area contributed by atoms with Gasteiger partial charge in [0, 0.05) is 13.2 Å². The summed E-state index contributed by atoms with van der Waals surface area (Å²) in [5.74, 6) is 0.289. The third-order valence-corrected chi connectivity index (χ3v) is 2.38. The van der Waals surface area contributed by atoms with Crippen molar-refractivity contribution >= 4 is 0 Å². The Hall–Kier alpha value is -0.910. The Morgan fingerprint density at radius 3 is 2.17 bits per heavy atom. The van der Waals surface area contributed by atoms with Gasteiger partial charge in [-0.25, -0.2) is 4.98 Å². The van der Waals surface area contributed by atoms with E-state index in [2.05, 4.69) is 11.9 Å². The molecule has 6 heteroatoms. The molecule has 0 atom stereocenters. The standard InChI is InChI=1S/C12H10F3N2.Na/c1-8-3-5-9(6-4-8)11-16-10(7-17(11)2)12(13,14)15;/h3-7H,1H2,2H3;/q-1;+1. The minimum atomic E-state index is -4.41. The second-order valence-corrected chi connectivity index (χ2v) is 3.76. The second-order valence-electron chi connectivity index (χ2n) is 3.76. The smallest absolute Gasteiger partial charge is 0.333 e. The third kappa shape index (κ3) is 3.10. The fourth-order valence-electron chi connectivity index (χ4n) is 1.52. The molecule has 0 amide bonds. The number of nitrogens with zero attached hydrogens (tertiary/aromatic N) is 2. The fraction of sp³-hybridized carbons (Fsp3) is 0.167. The number of hydrogen-bond acceptors (Lipinski definition) is 1. The molecule has 0 saturated carbocycles. The molecule has 90 valence electrons. The summed E-state index contributed by atoms with van der Waals surface area (Å²) in [5, 5.41) is 0. The van der Waals surface area contributed by atoms with Crippen molar-refractivity contribution in [1.82, 2.24) is 9.55 Å². The average Bonchev–Trinajstić information content (AvgIpc) is 2.61. The van der Waals surface area contributed by atoms with Crippen molar-refractivity contribution in [2.24, 2.45) is 7.05 Å². The van der Waals surface area contributed by atoms with Crippen LogP contribution >= 0.6 is 0 Å². The van der Waals surface area contributed by atoms with E-state index in [9.17, 15) is 13.2 Å². The molecule has 0 aliphatic carbocycles. The molecule has 0 aliphatic heterocycles. The van der Waals surface area contributed by atoms with Crippen LogP contribution in [0.5, 0.6) is 0 Å². The van der Waals surface area contributed by atoms with E-state index in [1.54, 1.807) is 24.3 Å². The Labute approximate surface area is 125 Å². The molecule has 1 aromatic carbocycles. The normalized spacial score (nSPS) is 11.1. The van der Waals surface area contributed by atoms with Gasteiger partial charge in [-0.15, -0.1) is 12.1 Å². The molecule has 2 nitrogen and oxygen atoms in total. The largest absolute Gasteiger partial charge is 1.00 e. The van der Waals surface area contributed by atoms with Gasteiger partial charge < -0.3 is 4.57 Å². The van der Waals surface area contributed by atoms with Crippen molar-refractivity contribution in [3.8, 4) is 11.4 Å². The van der Waals surface area contributed by atoms with Crippen molar-refractivity contribution in [3.63, 3.8) is 0 Å². The summed E-state index contributed by atoms with van der Waals surface area (Å²) in [6.45, 7) is 3.72. The zero-order valence-electron chi connectivity index (χ0n) is 10.1. The van der Waals surface area contributed by atoms with Crippen molar-refractivity contribution in [2.45, 2.75) is 6.18 Å². The van der Waals surface area contributed by atoms with Crippen molar-refractivity contribution in [1.29, 1.82) is 0 Å². The molecular formula is C12H10F3N2Na. The van der Waals surface area contributed by atoms with Crippen LogP contribution in [0.25, 0.3) is 11.4 Å². The molecule has 0 aliphatic rings. The van der Waals surface area contributed by atoms with E-state index in [-0.39, 0.29) is 35.4 Å². The van der Waals surface area contributed by atoms with Crippen LogP contribution in [0.4, 0.5) is 13.2 Å². The van der Waals surface area contributed by atoms with E-state index < -0.39 is 11.9 Å². The van der Waals surface area contributed by atoms with Crippen LogP contribution in [0.1, 0.15) is 11.3 Å². The van der Waals surface area contributed by atoms with Crippen LogP contribution in [0.2, 0.25) is 0 Å². The molecule has 18 heavy (non-hydrogen) atoms. The monoisotopic (exact) mass is 262 g/mol. The molecule has 1 aromatic heterocycles. The van der Waals surface area contributed by atoms with Gasteiger partial charge >= 0.3 is 35.7 Å². The quantitative estimate of drug-likeness (QED) is 0.533. The number of aromatic nitrogens is 2. The van der Waals surface area contributed by atoms with E-state index in [1.165, 1.54) is 11.6 Å². The van der Waals surface area contributed by atoms with Crippen molar-refractivity contribution in [2.75, 3.05) is 0 Å². The number of alkyl halides is 3. The van der Waals surface area contributed by atoms with Crippen molar-refractivity contribution in [3.05, 3.63) is 48.6 Å². The second kappa shape index (κ2) is 5.38. The van der Waals surface area contributed by atoms with Crippen LogP contribution in [-0.4, -0.2) is 9.55 Å². The van der Waals surface area contributed by atoms with Gasteiger partial charge in [0.1, 0.15) is 5.82 Å². The summed E-state index contributed by atoms with van der Waals surface area (Å²) >= 11 is 0. The van der Waals surface area contributed by atoms with Crippen LogP contribution < -0.4 is 29.6 Å². The summed E-state index contributed by atoms with van der Waals surface area (Å²) in [7, 11) is 1.54.